The van der Waals surface area contributed by atoms with Gasteiger partial charge in [0.2, 0.25) is 5.91 Å². The topological polar surface area (TPSA) is 126 Å². The van der Waals surface area contributed by atoms with Crippen molar-refractivity contribution in [3.63, 3.8) is 0 Å². The van der Waals surface area contributed by atoms with Gasteiger partial charge in [-0.25, -0.2) is 9.59 Å². The number of aryl methyl sites for hydroxylation is 1. The van der Waals surface area contributed by atoms with Crippen molar-refractivity contribution < 1.29 is 61.0 Å². The Kier molecular flexibility index (Phi) is 14.8. The maximum absolute atomic E-state index is 12.4. The molecule has 0 aliphatic heterocycles. The third-order valence-corrected chi connectivity index (χ3v) is 6.16. The Morgan fingerprint density at radius 1 is 0.861 bits per heavy atom. The van der Waals surface area contributed by atoms with Crippen molar-refractivity contribution in [3.05, 3.63) is 59.7 Å². The fourth-order valence-electron chi connectivity index (χ4n) is 2.85. The van der Waals surface area contributed by atoms with Crippen LogP contribution in [0.2, 0.25) is 0 Å². The van der Waals surface area contributed by atoms with Gasteiger partial charge in [-0.2, -0.15) is 0 Å². The van der Waals surface area contributed by atoms with E-state index in [-0.39, 0.29) is 60.0 Å². The van der Waals surface area contributed by atoms with E-state index in [0.29, 0.717) is 6.42 Å². The van der Waals surface area contributed by atoms with Gasteiger partial charge in [-0.1, -0.05) is 24.3 Å². The standard InChI is InChI=1S/C23H27NO9P2.V/c1-15(25)32-34-35-33-23(28)31-19-11-6-17(7-12-19)14-20(22(27)30-3)24-21(26)13-8-16-4-9-18(29-2)10-5-16;/h4-7,9-12,20,34-35H,8,13-14H2,1-3H3,(H,24,26);. The maximum atomic E-state index is 12.4. The van der Waals surface area contributed by atoms with E-state index in [0.717, 1.165) is 16.9 Å². The van der Waals surface area contributed by atoms with E-state index in [1.54, 1.807) is 19.2 Å². The molecule has 1 N–H and O–H groups in total. The van der Waals surface area contributed by atoms with E-state index in [1.807, 2.05) is 24.3 Å². The third-order valence-electron chi connectivity index (χ3n) is 4.56. The van der Waals surface area contributed by atoms with Crippen LogP contribution in [0.5, 0.6) is 11.5 Å². The van der Waals surface area contributed by atoms with E-state index in [2.05, 4.69) is 5.32 Å². The fourth-order valence-corrected chi connectivity index (χ4v) is 4.14. The van der Waals surface area contributed by atoms with Gasteiger partial charge in [0, 0.05) is 38.3 Å². The summed E-state index contributed by atoms with van der Waals surface area (Å²) in [4.78, 5) is 47.0. The van der Waals surface area contributed by atoms with Gasteiger partial charge in [-0.3, -0.25) is 9.59 Å². The molecule has 10 nitrogen and oxygen atoms in total. The van der Waals surface area contributed by atoms with E-state index >= 15 is 0 Å². The molecule has 0 heterocycles. The van der Waals surface area contributed by atoms with Gasteiger partial charge in [-0.05, 0) is 41.8 Å². The second kappa shape index (κ2) is 16.9. The maximum Gasteiger partial charge on any atom is 0.516 e. The van der Waals surface area contributed by atoms with Crippen LogP contribution in [0.3, 0.4) is 0 Å². The van der Waals surface area contributed by atoms with Gasteiger partial charge >= 0.3 is 18.1 Å². The first kappa shape index (κ1) is 31.4. The number of carbonyl (C=O) groups excluding carboxylic acids is 4. The smallest absolute Gasteiger partial charge is 0.497 e. The number of amides is 1. The molecule has 0 saturated carbocycles. The molecule has 1 amide bonds. The minimum Gasteiger partial charge on any atom is -0.497 e. The van der Waals surface area contributed by atoms with Crippen LogP contribution in [-0.4, -0.2) is 44.3 Å². The summed E-state index contributed by atoms with van der Waals surface area (Å²) in [5, 5.41) is 2.71. The molecule has 0 bridgehead atoms. The molecular formula is C23H27NO9P2V. The minimum absolute atomic E-state index is 0. The van der Waals surface area contributed by atoms with E-state index in [9.17, 15) is 19.2 Å². The number of hydrogen-bond acceptors (Lipinski definition) is 9. The molecule has 0 saturated heterocycles. The molecular weight excluding hydrogens is 547 g/mol. The summed E-state index contributed by atoms with van der Waals surface area (Å²) in [7, 11) is 2.20. The average Bonchev–Trinajstić information content (AvgIpc) is 2.85. The zero-order valence-corrected chi connectivity index (χ0v) is 23.3. The quantitative estimate of drug-likeness (QED) is 0.133. The van der Waals surface area contributed by atoms with Crippen LogP contribution >= 0.6 is 17.0 Å². The van der Waals surface area contributed by atoms with E-state index in [4.69, 9.17) is 23.3 Å². The van der Waals surface area contributed by atoms with Crippen LogP contribution < -0.4 is 14.8 Å². The molecule has 13 heteroatoms. The summed E-state index contributed by atoms with van der Waals surface area (Å²) in [6.45, 7) is 1.26. The predicted molar refractivity (Wildman–Crippen MR) is 131 cm³/mol. The average molecular weight is 574 g/mol. The number of nitrogens with one attached hydrogen (secondary N) is 1. The molecule has 2 rings (SSSR count). The second-order valence-electron chi connectivity index (χ2n) is 7.09. The molecule has 0 spiro atoms. The molecule has 0 aliphatic rings. The third kappa shape index (κ3) is 11.9. The Balaban J connectivity index is 0.00000648. The molecule has 2 aromatic rings. The van der Waals surface area contributed by atoms with Gasteiger partial charge in [0.25, 0.3) is 0 Å². The number of benzene rings is 2. The van der Waals surface area contributed by atoms with Crippen molar-refractivity contribution in [1.29, 1.82) is 0 Å². The molecule has 36 heavy (non-hydrogen) atoms. The molecule has 3 unspecified atom stereocenters. The summed E-state index contributed by atoms with van der Waals surface area (Å²) >= 11 is 0. The first-order chi connectivity index (χ1) is 16.8. The van der Waals surface area contributed by atoms with Gasteiger partial charge in [0.05, 0.1) is 14.2 Å². The SMILES string of the molecule is COC(=O)C(Cc1ccc(OC(=O)OPPOC(C)=O)cc1)NC(=O)CCc1ccc(OC)cc1.[V]. The zero-order chi connectivity index (χ0) is 25.6. The molecule has 0 aromatic heterocycles. The molecule has 0 fully saturated rings. The van der Waals surface area contributed by atoms with Crippen molar-refractivity contribution in [3.8, 4) is 11.5 Å². The second-order valence-corrected chi connectivity index (χ2v) is 9.13. The molecule has 2 aromatic carbocycles. The van der Waals surface area contributed by atoms with Crippen LogP contribution in [0.15, 0.2) is 48.5 Å². The van der Waals surface area contributed by atoms with Crippen LogP contribution in [0.4, 0.5) is 4.79 Å². The number of rotatable bonds is 12. The summed E-state index contributed by atoms with van der Waals surface area (Å²) in [6.07, 6.45) is -0.0232. The monoisotopic (exact) mass is 574 g/mol. The minimum atomic E-state index is -0.924. The van der Waals surface area contributed by atoms with Gasteiger partial charge in [-0.15, -0.1) is 0 Å². The van der Waals surface area contributed by atoms with Gasteiger partial charge < -0.3 is 28.6 Å². The normalized spacial score (nSPS) is 11.4. The molecule has 3 atom stereocenters. The first-order valence-electron chi connectivity index (χ1n) is 10.5. The Labute approximate surface area is 224 Å². The number of carbonyl (C=O) groups is 4. The molecule has 193 valence electrons. The Bertz CT molecular complexity index is 1000. The van der Waals surface area contributed by atoms with Crippen molar-refractivity contribution in [2.24, 2.45) is 0 Å². The predicted octanol–water partition coefficient (Wildman–Crippen LogP) is 3.71. The van der Waals surface area contributed by atoms with Crippen molar-refractivity contribution >= 4 is 41.0 Å². The summed E-state index contributed by atoms with van der Waals surface area (Å²) in [5.74, 6) is -0.340. The number of hydrogen-bond donors (Lipinski definition) is 1. The first-order valence-corrected chi connectivity index (χ1v) is 13.3. The van der Waals surface area contributed by atoms with Crippen molar-refractivity contribution in [1.82, 2.24) is 5.32 Å². The van der Waals surface area contributed by atoms with Crippen LogP contribution in [-0.2, 0) is 59.6 Å². The van der Waals surface area contributed by atoms with Gasteiger partial charge in [0.1, 0.15) is 34.5 Å². The summed E-state index contributed by atoms with van der Waals surface area (Å²) in [6, 6.07) is 12.9. The number of methoxy groups -OCH3 is 2. The van der Waals surface area contributed by atoms with Crippen LogP contribution in [0.25, 0.3) is 0 Å². The largest absolute Gasteiger partial charge is 0.516 e. The molecule has 1 radical (unpaired) electrons. The fraction of sp³-hybridized carbons (Fsp3) is 0.304. The summed E-state index contributed by atoms with van der Waals surface area (Å²) < 4.78 is 24.5. The summed E-state index contributed by atoms with van der Waals surface area (Å²) in [5.41, 5.74) is 1.69. The Morgan fingerprint density at radius 3 is 2.03 bits per heavy atom. The number of ether oxygens (including phenoxy) is 3. The van der Waals surface area contributed by atoms with Crippen molar-refractivity contribution in [2.75, 3.05) is 14.2 Å². The van der Waals surface area contributed by atoms with E-state index < -0.39 is 24.1 Å². The van der Waals surface area contributed by atoms with Crippen LogP contribution in [0.1, 0.15) is 24.5 Å². The van der Waals surface area contributed by atoms with Crippen molar-refractivity contribution in [2.45, 2.75) is 32.2 Å². The van der Waals surface area contributed by atoms with Gasteiger partial charge in [0.15, 0.2) is 0 Å². The Morgan fingerprint density at radius 2 is 1.44 bits per heavy atom. The number of esters is 1. The zero-order valence-electron chi connectivity index (χ0n) is 19.9. The Hall–Kier alpha value is -2.64. The van der Waals surface area contributed by atoms with E-state index in [1.165, 1.54) is 26.2 Å². The molecule has 0 aliphatic carbocycles. The van der Waals surface area contributed by atoms with Crippen LogP contribution in [0, 0.1) is 0 Å².